The van der Waals surface area contributed by atoms with Crippen molar-refractivity contribution in [2.45, 2.75) is 6.92 Å². The molecule has 2 heterocycles. The van der Waals surface area contributed by atoms with Crippen LogP contribution in [0.15, 0.2) is 60.8 Å². The van der Waals surface area contributed by atoms with Gasteiger partial charge in [-0.25, -0.2) is 13.4 Å². The number of aromatic nitrogens is 3. The highest BCUT2D eigenvalue weighted by Crippen LogP contribution is 2.26. The van der Waals surface area contributed by atoms with Gasteiger partial charge in [0.1, 0.15) is 5.75 Å². The Labute approximate surface area is 168 Å². The van der Waals surface area contributed by atoms with E-state index in [0.717, 1.165) is 22.9 Å². The van der Waals surface area contributed by atoms with Crippen LogP contribution < -0.4 is 14.8 Å². The van der Waals surface area contributed by atoms with Crippen molar-refractivity contribution in [3.8, 4) is 11.6 Å². The van der Waals surface area contributed by atoms with Gasteiger partial charge in [-0.2, -0.15) is 4.98 Å². The maximum absolute atomic E-state index is 11.3. The molecule has 9 heteroatoms. The van der Waals surface area contributed by atoms with E-state index in [1.54, 1.807) is 36.5 Å². The number of H-pyrrole nitrogens is 1. The number of anilines is 3. The molecule has 2 aromatic carbocycles. The lowest BCUT2D eigenvalue weighted by molar-refractivity contribution is 0.463. The van der Waals surface area contributed by atoms with Crippen molar-refractivity contribution in [1.29, 1.82) is 0 Å². The van der Waals surface area contributed by atoms with Gasteiger partial charge in [-0.1, -0.05) is 0 Å². The van der Waals surface area contributed by atoms with Crippen molar-refractivity contribution < 1.29 is 13.2 Å². The molecular formula is C20H19N5O3S. The number of ether oxygens (including phenoxy) is 1. The number of nitrogens with zero attached hydrogens (tertiary/aromatic N) is 2. The Morgan fingerprint density at radius 2 is 1.76 bits per heavy atom. The van der Waals surface area contributed by atoms with E-state index in [4.69, 9.17) is 4.74 Å². The van der Waals surface area contributed by atoms with Gasteiger partial charge in [0.2, 0.25) is 21.9 Å². The fraction of sp³-hybridized carbons (Fsp3) is 0.100. The fourth-order valence-corrected chi connectivity index (χ4v) is 3.43. The van der Waals surface area contributed by atoms with Crippen LogP contribution in [0, 0.1) is 6.92 Å². The van der Waals surface area contributed by atoms with E-state index >= 15 is 0 Å². The van der Waals surface area contributed by atoms with Crippen LogP contribution in [-0.2, 0) is 10.0 Å². The molecule has 0 fully saturated rings. The van der Waals surface area contributed by atoms with Crippen LogP contribution in [0.5, 0.6) is 11.6 Å². The highest BCUT2D eigenvalue weighted by Gasteiger charge is 2.06. The Balaban J connectivity index is 1.48. The average molecular weight is 409 g/mol. The molecule has 0 saturated carbocycles. The van der Waals surface area contributed by atoms with Crippen LogP contribution in [0.25, 0.3) is 10.9 Å². The van der Waals surface area contributed by atoms with Gasteiger partial charge in [0.25, 0.3) is 0 Å². The Morgan fingerprint density at radius 3 is 2.52 bits per heavy atom. The number of hydrogen-bond acceptors (Lipinski definition) is 6. The van der Waals surface area contributed by atoms with Gasteiger partial charge in [0, 0.05) is 40.2 Å². The first-order valence-electron chi connectivity index (χ1n) is 8.79. The highest BCUT2D eigenvalue weighted by molar-refractivity contribution is 7.92. The second-order valence-corrected chi connectivity index (χ2v) is 8.35. The summed E-state index contributed by atoms with van der Waals surface area (Å²) in [5.41, 5.74) is 3.33. The van der Waals surface area contributed by atoms with E-state index in [1.807, 2.05) is 25.1 Å². The molecular weight excluding hydrogens is 390 g/mol. The van der Waals surface area contributed by atoms with Gasteiger partial charge in [-0.3, -0.25) is 4.72 Å². The summed E-state index contributed by atoms with van der Waals surface area (Å²) >= 11 is 0. The molecule has 0 unspecified atom stereocenters. The Kier molecular flexibility index (Phi) is 4.81. The number of fused-ring (bicyclic) bond motifs is 1. The molecule has 0 aliphatic heterocycles. The summed E-state index contributed by atoms with van der Waals surface area (Å²) in [7, 11) is -3.31. The van der Waals surface area contributed by atoms with E-state index in [-0.39, 0.29) is 0 Å². The van der Waals surface area contributed by atoms with Gasteiger partial charge < -0.3 is 15.0 Å². The molecule has 148 valence electrons. The minimum atomic E-state index is -3.31. The van der Waals surface area contributed by atoms with Crippen LogP contribution in [-0.4, -0.2) is 29.6 Å². The second kappa shape index (κ2) is 7.44. The van der Waals surface area contributed by atoms with E-state index in [2.05, 4.69) is 31.1 Å². The summed E-state index contributed by atoms with van der Waals surface area (Å²) in [6.07, 6.45) is 2.71. The minimum absolute atomic E-state index is 0.366. The fourth-order valence-electron chi connectivity index (χ4n) is 2.86. The van der Waals surface area contributed by atoms with Gasteiger partial charge in [0.05, 0.1) is 6.26 Å². The maximum Gasteiger partial charge on any atom is 0.230 e. The molecule has 0 aliphatic rings. The normalized spacial score (nSPS) is 11.4. The summed E-state index contributed by atoms with van der Waals surface area (Å²) < 4.78 is 30.8. The molecule has 0 bridgehead atoms. The average Bonchev–Trinajstić information content (AvgIpc) is 3.02. The predicted octanol–water partition coefficient (Wildman–Crippen LogP) is 4.17. The third-order valence-corrected chi connectivity index (χ3v) is 4.63. The lowest BCUT2D eigenvalue weighted by Gasteiger charge is -2.09. The third kappa shape index (κ3) is 4.82. The van der Waals surface area contributed by atoms with Crippen LogP contribution in [0.3, 0.4) is 0 Å². The SMILES string of the molecule is Cc1cc2cc(Oc3ccnc(Nc4ccc(NS(C)(=O)=O)cc4)n3)ccc2[nH]1. The smallest absolute Gasteiger partial charge is 0.230 e. The van der Waals surface area contributed by atoms with Crippen molar-refractivity contribution in [3.63, 3.8) is 0 Å². The zero-order valence-electron chi connectivity index (χ0n) is 15.8. The molecule has 4 rings (SSSR count). The summed E-state index contributed by atoms with van der Waals surface area (Å²) in [6, 6.07) is 16.3. The van der Waals surface area contributed by atoms with E-state index < -0.39 is 10.0 Å². The first-order chi connectivity index (χ1) is 13.8. The summed E-state index contributed by atoms with van der Waals surface area (Å²) in [4.78, 5) is 11.8. The summed E-state index contributed by atoms with van der Waals surface area (Å²) in [6.45, 7) is 2.01. The number of aromatic amines is 1. The number of hydrogen-bond donors (Lipinski definition) is 3. The highest BCUT2D eigenvalue weighted by atomic mass is 32.2. The number of aryl methyl sites for hydroxylation is 1. The molecule has 0 radical (unpaired) electrons. The topological polar surface area (TPSA) is 109 Å². The first kappa shape index (κ1) is 18.8. The van der Waals surface area contributed by atoms with Crippen molar-refractivity contribution in [2.75, 3.05) is 16.3 Å². The van der Waals surface area contributed by atoms with Gasteiger partial charge in [-0.15, -0.1) is 0 Å². The van der Waals surface area contributed by atoms with Crippen LogP contribution in [0.2, 0.25) is 0 Å². The van der Waals surface area contributed by atoms with Crippen molar-refractivity contribution in [3.05, 3.63) is 66.5 Å². The molecule has 0 saturated heterocycles. The molecule has 2 aromatic heterocycles. The monoisotopic (exact) mass is 409 g/mol. The van der Waals surface area contributed by atoms with E-state index in [0.29, 0.717) is 29.0 Å². The first-order valence-corrected chi connectivity index (χ1v) is 10.7. The standard InChI is InChI=1S/C20H19N5O3S/c1-13-11-14-12-17(7-8-18(14)22-13)28-19-9-10-21-20(24-19)23-15-3-5-16(6-4-15)25-29(2,26)27/h3-12,22,25H,1-2H3,(H,21,23,24). The van der Waals surface area contributed by atoms with Crippen LogP contribution in [0.1, 0.15) is 5.69 Å². The Bertz CT molecular complexity index is 1270. The summed E-state index contributed by atoms with van der Waals surface area (Å²) in [5, 5.41) is 4.13. The lowest BCUT2D eigenvalue weighted by atomic mass is 10.2. The van der Waals surface area contributed by atoms with Gasteiger partial charge in [0.15, 0.2) is 0 Å². The number of nitrogens with one attached hydrogen (secondary N) is 3. The molecule has 0 atom stereocenters. The summed E-state index contributed by atoms with van der Waals surface area (Å²) in [5.74, 6) is 1.45. The largest absolute Gasteiger partial charge is 0.439 e. The maximum atomic E-state index is 11.3. The van der Waals surface area contributed by atoms with E-state index in [9.17, 15) is 8.42 Å². The molecule has 8 nitrogen and oxygen atoms in total. The number of sulfonamides is 1. The lowest BCUT2D eigenvalue weighted by Crippen LogP contribution is -2.09. The quantitative estimate of drug-likeness (QED) is 0.441. The van der Waals surface area contributed by atoms with Gasteiger partial charge >= 0.3 is 0 Å². The predicted molar refractivity (Wildman–Crippen MR) is 113 cm³/mol. The van der Waals surface area contributed by atoms with E-state index in [1.165, 1.54) is 0 Å². The number of benzene rings is 2. The molecule has 0 aliphatic carbocycles. The second-order valence-electron chi connectivity index (χ2n) is 6.60. The molecule has 29 heavy (non-hydrogen) atoms. The minimum Gasteiger partial charge on any atom is -0.439 e. The molecule has 4 aromatic rings. The Morgan fingerprint density at radius 1 is 1.00 bits per heavy atom. The van der Waals surface area contributed by atoms with Crippen LogP contribution in [0.4, 0.5) is 17.3 Å². The Hall–Kier alpha value is -3.59. The third-order valence-electron chi connectivity index (χ3n) is 4.02. The molecule has 0 amide bonds. The van der Waals surface area contributed by atoms with Gasteiger partial charge in [-0.05, 0) is 55.5 Å². The van der Waals surface area contributed by atoms with Crippen LogP contribution >= 0.6 is 0 Å². The molecule has 3 N–H and O–H groups in total. The number of rotatable bonds is 6. The van der Waals surface area contributed by atoms with Crippen molar-refractivity contribution in [1.82, 2.24) is 15.0 Å². The zero-order valence-corrected chi connectivity index (χ0v) is 16.6. The zero-order chi connectivity index (χ0) is 20.4. The van der Waals surface area contributed by atoms with Crippen molar-refractivity contribution >= 4 is 38.2 Å². The molecule has 0 spiro atoms. The van der Waals surface area contributed by atoms with Crippen molar-refractivity contribution in [2.24, 2.45) is 0 Å².